The zero-order chi connectivity index (χ0) is 38.4. The van der Waals surface area contributed by atoms with Crippen LogP contribution in [0.5, 0.6) is 0 Å². The molecule has 4 heteroatoms. The van der Waals surface area contributed by atoms with Crippen LogP contribution in [0.25, 0.3) is 10.1 Å². The van der Waals surface area contributed by atoms with Gasteiger partial charge in [-0.15, -0.1) is 11.3 Å². The Morgan fingerprint density at radius 1 is 0.545 bits per heavy atom. The van der Waals surface area contributed by atoms with Gasteiger partial charge in [0.2, 0.25) is 0 Å². The van der Waals surface area contributed by atoms with Gasteiger partial charge in [0.05, 0.1) is 5.69 Å². The largest absolute Gasteiger partial charge is 0.311 e. The topological polar surface area (TPSA) is 6.48 Å². The van der Waals surface area contributed by atoms with Crippen LogP contribution in [0.1, 0.15) is 129 Å². The molecule has 0 atom stereocenters. The average molecular weight is 739 g/mol. The van der Waals surface area contributed by atoms with Crippen LogP contribution in [0.3, 0.4) is 0 Å². The van der Waals surface area contributed by atoms with E-state index >= 15 is 0 Å². The third kappa shape index (κ3) is 5.05. The number of para-hydroxylation sites is 2. The summed E-state index contributed by atoms with van der Waals surface area (Å²) >= 11 is 2.06. The normalized spacial score (nSPS) is 19.4. The minimum atomic E-state index is 0.103. The molecule has 0 saturated carbocycles. The van der Waals surface area contributed by atoms with Gasteiger partial charge in [-0.1, -0.05) is 112 Å². The number of anilines is 6. The Balaban J connectivity index is 1.38. The molecule has 10 rings (SSSR count). The van der Waals surface area contributed by atoms with Crippen molar-refractivity contribution >= 4 is 78.0 Å². The van der Waals surface area contributed by atoms with Gasteiger partial charge in [0.1, 0.15) is 0 Å². The van der Waals surface area contributed by atoms with Gasteiger partial charge in [-0.2, -0.15) is 0 Å². The predicted octanol–water partition coefficient (Wildman–Crippen LogP) is 12.8. The van der Waals surface area contributed by atoms with Crippen molar-refractivity contribution in [2.45, 2.75) is 122 Å². The van der Waals surface area contributed by atoms with E-state index in [2.05, 4.69) is 187 Å². The van der Waals surface area contributed by atoms with Gasteiger partial charge in [-0.3, -0.25) is 0 Å². The van der Waals surface area contributed by atoms with Gasteiger partial charge in [0, 0.05) is 43.3 Å². The van der Waals surface area contributed by atoms with Crippen LogP contribution in [-0.4, -0.2) is 6.71 Å². The number of benzene rings is 5. The minimum absolute atomic E-state index is 0.103. The maximum Gasteiger partial charge on any atom is 0.264 e. The van der Waals surface area contributed by atoms with Crippen LogP contribution < -0.4 is 25.5 Å². The number of thiophene rings is 1. The summed E-state index contributed by atoms with van der Waals surface area (Å²) in [5.41, 5.74) is 18.7. The first-order chi connectivity index (χ1) is 26.1. The lowest BCUT2D eigenvalue weighted by atomic mass is 9.35. The molecule has 2 nitrogen and oxygen atoms in total. The van der Waals surface area contributed by atoms with Crippen LogP contribution in [0.15, 0.2) is 97.1 Å². The molecule has 0 radical (unpaired) electrons. The summed E-state index contributed by atoms with van der Waals surface area (Å²) in [5.74, 6) is 0.371. The van der Waals surface area contributed by atoms with E-state index in [1.165, 1.54) is 108 Å². The molecule has 0 fully saturated rings. The third-order valence-corrected chi connectivity index (χ3v) is 15.5. The highest BCUT2D eigenvalue weighted by Gasteiger charge is 2.48. The molecule has 278 valence electrons. The Hall–Kier alpha value is -4.28. The fraction of sp³-hybridized carbons (Fsp3) is 0.373. The van der Waals surface area contributed by atoms with Gasteiger partial charge in [-0.05, 0) is 147 Å². The zero-order valence-corrected chi connectivity index (χ0v) is 35.3. The SMILES string of the molecule is CC(C)c1cc2c3c(c1)N(c1ccccc1)c1c(sc4cc5c(cc14)C(C)(C)CCC5(C)C)B3c1cc3c(cc1N2c1ccccc1)C(C)(C)CCC3(C)C. The molecule has 6 aromatic rings. The fourth-order valence-corrected chi connectivity index (χ4v) is 12.0. The van der Waals surface area contributed by atoms with E-state index in [-0.39, 0.29) is 28.4 Å². The molecule has 3 heterocycles. The van der Waals surface area contributed by atoms with Crippen molar-refractivity contribution in [2.75, 3.05) is 9.80 Å². The van der Waals surface area contributed by atoms with Crippen LogP contribution >= 0.6 is 11.3 Å². The molecule has 55 heavy (non-hydrogen) atoms. The Morgan fingerprint density at radius 2 is 1.02 bits per heavy atom. The van der Waals surface area contributed by atoms with E-state index in [1.807, 2.05) is 0 Å². The quantitative estimate of drug-likeness (QED) is 0.167. The van der Waals surface area contributed by atoms with Crippen molar-refractivity contribution in [1.29, 1.82) is 0 Å². The third-order valence-electron chi connectivity index (χ3n) is 14.3. The summed E-state index contributed by atoms with van der Waals surface area (Å²) in [7, 11) is 0. The molecule has 2 aliphatic heterocycles. The van der Waals surface area contributed by atoms with Crippen molar-refractivity contribution in [1.82, 2.24) is 0 Å². The fourth-order valence-electron chi connectivity index (χ4n) is 10.7. The molecule has 0 spiro atoms. The van der Waals surface area contributed by atoms with Gasteiger partial charge in [-0.25, -0.2) is 0 Å². The highest BCUT2D eigenvalue weighted by molar-refractivity contribution is 7.33. The van der Waals surface area contributed by atoms with Crippen LogP contribution in [-0.2, 0) is 21.7 Å². The molecule has 0 bridgehead atoms. The Morgan fingerprint density at radius 3 is 1.56 bits per heavy atom. The van der Waals surface area contributed by atoms with E-state index in [1.54, 1.807) is 5.56 Å². The van der Waals surface area contributed by atoms with Gasteiger partial charge < -0.3 is 9.80 Å². The smallest absolute Gasteiger partial charge is 0.264 e. The Bertz CT molecular complexity index is 2540. The summed E-state index contributed by atoms with van der Waals surface area (Å²) in [6.07, 6.45) is 4.82. The van der Waals surface area contributed by atoms with Gasteiger partial charge >= 0.3 is 0 Å². The lowest BCUT2D eigenvalue weighted by Gasteiger charge is -2.47. The number of hydrogen-bond acceptors (Lipinski definition) is 3. The first-order valence-electron chi connectivity index (χ1n) is 20.8. The van der Waals surface area contributed by atoms with Crippen molar-refractivity contribution in [2.24, 2.45) is 0 Å². The summed E-state index contributed by atoms with van der Waals surface area (Å²) in [5, 5.41) is 1.40. The van der Waals surface area contributed by atoms with Crippen LogP contribution in [0.2, 0.25) is 0 Å². The monoisotopic (exact) mass is 738 g/mol. The lowest BCUT2D eigenvalue weighted by molar-refractivity contribution is 0.332. The van der Waals surface area contributed by atoms with E-state index < -0.39 is 0 Å². The summed E-state index contributed by atoms with van der Waals surface area (Å²) in [6.45, 7) is 24.6. The number of fused-ring (bicyclic) bond motifs is 8. The van der Waals surface area contributed by atoms with Gasteiger partial charge in [0.25, 0.3) is 6.71 Å². The standard InChI is InChI=1S/C51H55BN2S/c1-31(2)32-25-42-45-43(26-32)54(34-19-15-12-16-20-34)46-35-27-36-39(51(9,10)24-21-48(36,3)4)30-44(35)55-47(46)52(45)40-28-37-38(50(7,8)23-22-49(37,5)6)29-41(40)53(42)33-17-13-11-14-18-33/h11-20,25-31H,21-24H2,1-10H3. The molecule has 0 unspecified atom stereocenters. The second-order valence-electron chi connectivity index (χ2n) is 20.1. The van der Waals surface area contributed by atoms with E-state index in [0.29, 0.717) is 5.92 Å². The van der Waals surface area contributed by atoms with Crippen LogP contribution in [0, 0.1) is 0 Å². The first kappa shape index (κ1) is 35.2. The number of hydrogen-bond donors (Lipinski definition) is 0. The molecule has 1 aromatic heterocycles. The Kier molecular flexibility index (Phi) is 7.44. The molecule has 0 N–H and O–H groups in total. The van der Waals surface area contributed by atoms with Crippen molar-refractivity contribution in [3.8, 4) is 0 Å². The molecule has 0 saturated heterocycles. The molecular weight excluding hydrogens is 683 g/mol. The van der Waals surface area contributed by atoms with Crippen LogP contribution in [0.4, 0.5) is 34.1 Å². The highest BCUT2D eigenvalue weighted by atomic mass is 32.1. The predicted molar refractivity (Wildman–Crippen MR) is 241 cm³/mol. The molecule has 0 amide bonds. The maximum atomic E-state index is 2.68. The molecular formula is C51H55BN2S. The lowest BCUT2D eigenvalue weighted by Crippen LogP contribution is -2.61. The highest BCUT2D eigenvalue weighted by Crippen LogP contribution is 2.54. The molecule has 2 aliphatic carbocycles. The summed E-state index contributed by atoms with van der Waals surface area (Å²) in [4.78, 5) is 5.28. The number of rotatable bonds is 3. The van der Waals surface area contributed by atoms with Crippen molar-refractivity contribution in [3.63, 3.8) is 0 Å². The molecule has 5 aromatic carbocycles. The maximum absolute atomic E-state index is 2.68. The molecule has 4 aliphatic rings. The minimum Gasteiger partial charge on any atom is -0.311 e. The van der Waals surface area contributed by atoms with E-state index in [4.69, 9.17) is 0 Å². The average Bonchev–Trinajstić information content (AvgIpc) is 3.53. The number of nitrogens with zero attached hydrogens (tertiary/aromatic N) is 2. The van der Waals surface area contributed by atoms with E-state index in [0.717, 1.165) is 0 Å². The second-order valence-corrected chi connectivity index (χ2v) is 21.2. The summed E-state index contributed by atoms with van der Waals surface area (Å²) < 4.78 is 2.89. The van der Waals surface area contributed by atoms with Gasteiger partial charge in [0.15, 0.2) is 0 Å². The second kappa shape index (κ2) is 11.6. The first-order valence-corrected chi connectivity index (χ1v) is 21.6. The van der Waals surface area contributed by atoms with E-state index in [9.17, 15) is 0 Å². The summed E-state index contributed by atoms with van der Waals surface area (Å²) in [6, 6.07) is 38.0. The van der Waals surface area contributed by atoms with Crippen molar-refractivity contribution in [3.05, 3.63) is 125 Å². The Labute approximate surface area is 333 Å². The van der Waals surface area contributed by atoms with Crippen molar-refractivity contribution < 1.29 is 0 Å². The zero-order valence-electron chi connectivity index (χ0n) is 34.5.